The number of carbonyl (C=O) groups excluding carboxylic acids is 3. The van der Waals surface area contributed by atoms with Crippen molar-refractivity contribution in [3.05, 3.63) is 36.1 Å². The average Bonchev–Trinajstić information content (AvgIpc) is 3.05. The predicted molar refractivity (Wildman–Crippen MR) is 78.7 cm³/mol. The second-order valence-electron chi connectivity index (χ2n) is 5.35. The summed E-state index contributed by atoms with van der Waals surface area (Å²) in [5, 5.41) is 3.71. The molecule has 0 saturated carbocycles. The number of benzene rings is 1. The number of fused-ring (bicyclic) bond motifs is 1. The SMILES string of the molecule is C[C@@H](NC(=O)CN1C(=O)CCC1=O)c1cc2ccccc2o1. The highest BCUT2D eigenvalue weighted by Gasteiger charge is 2.30. The quantitative estimate of drug-likeness (QED) is 0.873. The fraction of sp³-hybridized carbons (Fsp3) is 0.312. The first-order chi connectivity index (χ1) is 10.5. The molecule has 1 saturated heterocycles. The van der Waals surface area contributed by atoms with E-state index >= 15 is 0 Å². The molecule has 1 fully saturated rings. The lowest BCUT2D eigenvalue weighted by Crippen LogP contribution is -2.40. The molecule has 1 aliphatic heterocycles. The largest absolute Gasteiger partial charge is 0.459 e. The Morgan fingerprint density at radius 3 is 2.64 bits per heavy atom. The van der Waals surface area contributed by atoms with Crippen LogP contribution in [0.3, 0.4) is 0 Å². The van der Waals surface area contributed by atoms with Gasteiger partial charge in [-0.1, -0.05) is 18.2 Å². The molecule has 6 nitrogen and oxygen atoms in total. The van der Waals surface area contributed by atoms with Crippen LogP contribution >= 0.6 is 0 Å². The number of hydrogen-bond donors (Lipinski definition) is 1. The molecule has 0 unspecified atom stereocenters. The molecular formula is C16H16N2O4. The molecule has 6 heteroatoms. The minimum atomic E-state index is -0.378. The zero-order chi connectivity index (χ0) is 15.7. The van der Waals surface area contributed by atoms with E-state index in [4.69, 9.17) is 4.42 Å². The highest BCUT2D eigenvalue weighted by Crippen LogP contribution is 2.23. The lowest BCUT2D eigenvalue weighted by molar-refractivity contribution is -0.142. The molecule has 1 aliphatic rings. The van der Waals surface area contributed by atoms with Crippen molar-refractivity contribution in [3.8, 4) is 0 Å². The Balaban J connectivity index is 1.65. The van der Waals surface area contributed by atoms with Crippen LogP contribution in [0.2, 0.25) is 0 Å². The summed E-state index contributed by atoms with van der Waals surface area (Å²) in [6, 6.07) is 9.10. The summed E-state index contributed by atoms with van der Waals surface area (Å²) in [5.41, 5.74) is 0.753. The van der Waals surface area contributed by atoms with Crippen molar-refractivity contribution in [1.29, 1.82) is 0 Å². The van der Waals surface area contributed by atoms with Crippen LogP contribution in [0.15, 0.2) is 34.7 Å². The van der Waals surface area contributed by atoms with Crippen molar-refractivity contribution in [3.63, 3.8) is 0 Å². The van der Waals surface area contributed by atoms with Gasteiger partial charge in [0.25, 0.3) is 0 Å². The number of nitrogens with zero attached hydrogens (tertiary/aromatic N) is 1. The van der Waals surface area contributed by atoms with Gasteiger partial charge in [-0.05, 0) is 19.1 Å². The molecule has 0 bridgehead atoms. The number of para-hydroxylation sites is 1. The topological polar surface area (TPSA) is 79.6 Å². The molecule has 1 aromatic carbocycles. The van der Waals surface area contributed by atoms with Crippen LogP contribution in [0.25, 0.3) is 11.0 Å². The Morgan fingerprint density at radius 2 is 1.95 bits per heavy atom. The van der Waals surface area contributed by atoms with Crippen LogP contribution in [-0.2, 0) is 14.4 Å². The van der Waals surface area contributed by atoms with Crippen molar-refractivity contribution in [1.82, 2.24) is 10.2 Å². The maximum Gasteiger partial charge on any atom is 0.240 e. The van der Waals surface area contributed by atoms with Crippen LogP contribution in [0.1, 0.15) is 31.6 Å². The highest BCUT2D eigenvalue weighted by atomic mass is 16.3. The van der Waals surface area contributed by atoms with Crippen LogP contribution in [0.4, 0.5) is 0 Å². The molecule has 114 valence electrons. The number of imide groups is 1. The fourth-order valence-corrected chi connectivity index (χ4v) is 2.52. The van der Waals surface area contributed by atoms with Crippen molar-refractivity contribution < 1.29 is 18.8 Å². The molecule has 3 amide bonds. The summed E-state index contributed by atoms with van der Waals surface area (Å²) in [4.78, 5) is 36.0. The molecule has 0 spiro atoms. The van der Waals surface area contributed by atoms with Crippen LogP contribution in [0, 0.1) is 0 Å². The van der Waals surface area contributed by atoms with Gasteiger partial charge in [0.05, 0.1) is 6.04 Å². The third kappa shape index (κ3) is 2.72. The van der Waals surface area contributed by atoms with Gasteiger partial charge in [0.15, 0.2) is 0 Å². The molecule has 2 heterocycles. The van der Waals surface area contributed by atoms with Gasteiger partial charge in [0.2, 0.25) is 17.7 Å². The zero-order valence-corrected chi connectivity index (χ0v) is 12.2. The molecule has 22 heavy (non-hydrogen) atoms. The molecule has 1 N–H and O–H groups in total. The zero-order valence-electron chi connectivity index (χ0n) is 12.2. The second kappa shape index (κ2) is 5.63. The van der Waals surface area contributed by atoms with Gasteiger partial charge < -0.3 is 9.73 Å². The first-order valence-corrected chi connectivity index (χ1v) is 7.15. The summed E-state index contributed by atoms with van der Waals surface area (Å²) >= 11 is 0. The van der Waals surface area contributed by atoms with Crippen LogP contribution < -0.4 is 5.32 Å². The van der Waals surface area contributed by atoms with E-state index in [9.17, 15) is 14.4 Å². The second-order valence-corrected chi connectivity index (χ2v) is 5.35. The van der Waals surface area contributed by atoms with Gasteiger partial charge in [0.1, 0.15) is 17.9 Å². The lowest BCUT2D eigenvalue weighted by atomic mass is 10.2. The van der Waals surface area contributed by atoms with Crippen molar-refractivity contribution in [2.75, 3.05) is 6.54 Å². The Morgan fingerprint density at radius 1 is 1.27 bits per heavy atom. The Kier molecular flexibility index (Phi) is 3.66. The third-order valence-corrected chi connectivity index (χ3v) is 3.71. The molecular weight excluding hydrogens is 284 g/mol. The number of furan rings is 1. The molecule has 1 aromatic heterocycles. The fourth-order valence-electron chi connectivity index (χ4n) is 2.52. The summed E-state index contributed by atoms with van der Waals surface area (Å²) in [7, 11) is 0. The third-order valence-electron chi connectivity index (χ3n) is 3.71. The van der Waals surface area contributed by atoms with E-state index in [0.717, 1.165) is 15.9 Å². The van der Waals surface area contributed by atoms with Gasteiger partial charge in [0, 0.05) is 18.2 Å². The smallest absolute Gasteiger partial charge is 0.240 e. The van der Waals surface area contributed by atoms with Crippen molar-refractivity contribution >= 4 is 28.7 Å². The summed E-state index contributed by atoms with van der Waals surface area (Å²) in [6.07, 6.45) is 0.372. The number of amides is 3. The minimum Gasteiger partial charge on any atom is -0.459 e. The minimum absolute atomic E-state index is 0.186. The molecule has 3 rings (SSSR count). The monoisotopic (exact) mass is 300 g/mol. The number of carbonyl (C=O) groups is 3. The maximum atomic E-state index is 12.0. The molecule has 0 radical (unpaired) electrons. The summed E-state index contributed by atoms with van der Waals surface area (Å²) in [6.45, 7) is 1.56. The van der Waals surface area contributed by atoms with E-state index in [1.807, 2.05) is 30.3 Å². The van der Waals surface area contributed by atoms with Crippen LogP contribution in [-0.4, -0.2) is 29.2 Å². The van der Waals surface area contributed by atoms with E-state index < -0.39 is 0 Å². The molecule has 1 atom stereocenters. The van der Waals surface area contributed by atoms with Gasteiger partial charge in [-0.15, -0.1) is 0 Å². The van der Waals surface area contributed by atoms with Gasteiger partial charge in [-0.3, -0.25) is 19.3 Å². The van der Waals surface area contributed by atoms with Gasteiger partial charge in [-0.2, -0.15) is 0 Å². The number of nitrogens with one attached hydrogen (secondary N) is 1. The highest BCUT2D eigenvalue weighted by molar-refractivity contribution is 6.04. The Labute approximate surface area is 127 Å². The Hall–Kier alpha value is -2.63. The normalized spacial score (nSPS) is 16.3. The van der Waals surface area contributed by atoms with Crippen molar-refractivity contribution in [2.45, 2.75) is 25.8 Å². The average molecular weight is 300 g/mol. The number of likely N-dealkylation sites (tertiary alicyclic amines) is 1. The van der Waals surface area contributed by atoms with E-state index in [-0.39, 0.29) is 43.1 Å². The molecule has 2 aromatic rings. The van der Waals surface area contributed by atoms with E-state index in [0.29, 0.717) is 5.76 Å². The summed E-state index contributed by atoms with van der Waals surface area (Å²) in [5.74, 6) is -0.335. The maximum absolute atomic E-state index is 12.0. The van der Waals surface area contributed by atoms with E-state index in [1.165, 1.54) is 0 Å². The van der Waals surface area contributed by atoms with Crippen molar-refractivity contribution in [2.24, 2.45) is 0 Å². The summed E-state index contributed by atoms with van der Waals surface area (Å²) < 4.78 is 5.68. The van der Waals surface area contributed by atoms with Crippen LogP contribution in [0.5, 0.6) is 0 Å². The number of hydrogen-bond acceptors (Lipinski definition) is 4. The molecule has 0 aliphatic carbocycles. The Bertz CT molecular complexity index is 700. The first kappa shape index (κ1) is 14.3. The lowest BCUT2D eigenvalue weighted by Gasteiger charge is -2.16. The van der Waals surface area contributed by atoms with E-state index in [2.05, 4.69) is 5.32 Å². The standard InChI is InChI=1S/C16H16N2O4/c1-10(13-8-11-4-2-3-5-12(11)22-13)17-14(19)9-18-15(20)6-7-16(18)21/h2-5,8,10H,6-7,9H2,1H3,(H,17,19)/t10-/m1/s1. The number of rotatable bonds is 4. The van der Waals surface area contributed by atoms with E-state index in [1.54, 1.807) is 6.92 Å². The van der Waals surface area contributed by atoms with Gasteiger partial charge in [-0.25, -0.2) is 0 Å². The van der Waals surface area contributed by atoms with Gasteiger partial charge >= 0.3 is 0 Å². The predicted octanol–water partition coefficient (Wildman–Crippen LogP) is 1.76. The first-order valence-electron chi connectivity index (χ1n) is 7.15.